The summed E-state index contributed by atoms with van der Waals surface area (Å²) in [4.78, 5) is 32.7. The number of fused-ring (bicyclic) bond motifs is 1. The first-order chi connectivity index (χ1) is 17.7. The molecule has 2 heterocycles. The number of nitrogens with zero attached hydrogens (tertiary/aromatic N) is 2. The number of nitrogens with two attached hydrogens (primary N) is 1. The smallest absolute Gasteiger partial charge is 0.405 e. The van der Waals surface area contributed by atoms with Gasteiger partial charge in [0.25, 0.3) is 5.91 Å². The van der Waals surface area contributed by atoms with Gasteiger partial charge >= 0.3 is 6.09 Å². The average molecular weight is 512 g/mol. The van der Waals surface area contributed by atoms with Crippen molar-refractivity contribution in [2.24, 2.45) is 11.1 Å². The second-order valence-electron chi connectivity index (χ2n) is 10.6. The van der Waals surface area contributed by atoms with Gasteiger partial charge in [-0.2, -0.15) is 0 Å². The zero-order valence-corrected chi connectivity index (χ0v) is 22.0. The number of amides is 2. The molecule has 4 N–H and O–H groups in total. The summed E-state index contributed by atoms with van der Waals surface area (Å²) in [5.41, 5.74) is 7.62. The normalized spacial score (nSPS) is 19.0. The van der Waals surface area contributed by atoms with E-state index in [9.17, 15) is 9.59 Å². The molecular weight excluding hydrogens is 474 g/mol. The Balaban J connectivity index is 1.61. The summed E-state index contributed by atoms with van der Waals surface area (Å²) in [6, 6.07) is 5.80. The van der Waals surface area contributed by atoms with E-state index in [2.05, 4.69) is 15.3 Å². The first-order valence-electron chi connectivity index (χ1n) is 12.7. The van der Waals surface area contributed by atoms with Gasteiger partial charge in [-0.15, -0.1) is 0 Å². The van der Waals surface area contributed by atoms with Crippen molar-refractivity contribution in [1.82, 2.24) is 19.9 Å². The molecule has 3 aromatic rings. The molecule has 10 heteroatoms. The van der Waals surface area contributed by atoms with Crippen LogP contribution in [0.5, 0.6) is 0 Å². The lowest BCUT2D eigenvalue weighted by Gasteiger charge is -2.29. The molecule has 1 fully saturated rings. The molecule has 0 saturated heterocycles. The number of carbonyl (C=O) groups excluding carboxylic acids is 2. The van der Waals surface area contributed by atoms with Gasteiger partial charge in [0.05, 0.1) is 42.4 Å². The third-order valence-electron chi connectivity index (χ3n) is 6.73. The van der Waals surface area contributed by atoms with Gasteiger partial charge in [0.1, 0.15) is 6.10 Å². The second kappa shape index (κ2) is 11.4. The van der Waals surface area contributed by atoms with Crippen LogP contribution in [-0.4, -0.2) is 59.0 Å². The highest BCUT2D eigenvalue weighted by Gasteiger charge is 2.32. The van der Waals surface area contributed by atoms with Crippen molar-refractivity contribution < 1.29 is 23.8 Å². The predicted octanol–water partition coefficient (Wildman–Crippen LogP) is 4.24. The van der Waals surface area contributed by atoms with E-state index in [4.69, 9.17) is 19.9 Å². The SMILES string of the molecule is COCCOC1CCC(NC(=O)c2cc(-n3ccnc3)cc3cc(C(OC(N)=O)C(C)(C)C)[nH]c23)CC1. The summed E-state index contributed by atoms with van der Waals surface area (Å²) in [5.74, 6) is -0.160. The van der Waals surface area contributed by atoms with Gasteiger partial charge < -0.3 is 34.8 Å². The molecule has 1 aliphatic carbocycles. The van der Waals surface area contributed by atoms with Crippen molar-refractivity contribution in [1.29, 1.82) is 0 Å². The van der Waals surface area contributed by atoms with Crippen LogP contribution in [0.3, 0.4) is 0 Å². The number of rotatable bonds is 9. The third kappa shape index (κ3) is 6.50. The van der Waals surface area contributed by atoms with E-state index in [0.717, 1.165) is 36.8 Å². The largest absolute Gasteiger partial charge is 0.439 e. The molecular formula is C27H37N5O5. The van der Waals surface area contributed by atoms with Crippen LogP contribution >= 0.6 is 0 Å². The third-order valence-corrected chi connectivity index (χ3v) is 6.73. The molecule has 4 rings (SSSR count). The van der Waals surface area contributed by atoms with Gasteiger partial charge in [0, 0.05) is 42.0 Å². The van der Waals surface area contributed by atoms with Crippen molar-refractivity contribution in [3.05, 3.63) is 48.2 Å². The van der Waals surface area contributed by atoms with Gasteiger partial charge in [0.2, 0.25) is 0 Å². The van der Waals surface area contributed by atoms with E-state index < -0.39 is 17.6 Å². The zero-order chi connectivity index (χ0) is 26.6. The van der Waals surface area contributed by atoms with E-state index in [0.29, 0.717) is 30.0 Å². The van der Waals surface area contributed by atoms with Crippen molar-refractivity contribution in [2.45, 2.75) is 64.7 Å². The summed E-state index contributed by atoms with van der Waals surface area (Å²) >= 11 is 0. The number of aromatic amines is 1. The maximum Gasteiger partial charge on any atom is 0.405 e. The van der Waals surface area contributed by atoms with Crippen molar-refractivity contribution in [3.63, 3.8) is 0 Å². The topological polar surface area (TPSA) is 133 Å². The van der Waals surface area contributed by atoms with Crippen LogP contribution in [0.25, 0.3) is 16.6 Å². The Morgan fingerprint density at radius 2 is 1.95 bits per heavy atom. The number of benzene rings is 1. The molecule has 37 heavy (non-hydrogen) atoms. The van der Waals surface area contributed by atoms with Gasteiger partial charge in [-0.25, -0.2) is 9.78 Å². The average Bonchev–Trinajstić information content (AvgIpc) is 3.52. The lowest BCUT2D eigenvalue weighted by molar-refractivity contribution is -0.00408. The minimum atomic E-state index is -0.850. The number of primary amides is 1. The number of carbonyl (C=O) groups is 2. The number of H-pyrrole nitrogens is 1. The number of imidazole rings is 1. The maximum absolute atomic E-state index is 13.6. The molecule has 0 radical (unpaired) electrons. The second-order valence-corrected chi connectivity index (χ2v) is 10.6. The molecule has 200 valence electrons. The molecule has 1 aromatic carbocycles. The summed E-state index contributed by atoms with van der Waals surface area (Å²) < 4.78 is 18.2. The quantitative estimate of drug-likeness (QED) is 0.368. The molecule has 2 aromatic heterocycles. The highest BCUT2D eigenvalue weighted by molar-refractivity contribution is 6.07. The fraction of sp³-hybridized carbons (Fsp3) is 0.519. The first-order valence-corrected chi connectivity index (χ1v) is 12.7. The van der Waals surface area contributed by atoms with Crippen LogP contribution in [0.1, 0.15) is 68.6 Å². The van der Waals surface area contributed by atoms with E-state index in [1.54, 1.807) is 19.6 Å². The van der Waals surface area contributed by atoms with E-state index >= 15 is 0 Å². The van der Waals surface area contributed by atoms with Gasteiger partial charge in [-0.3, -0.25) is 4.79 Å². The van der Waals surface area contributed by atoms with E-state index in [1.807, 2.05) is 49.7 Å². The summed E-state index contributed by atoms with van der Waals surface area (Å²) in [5, 5.41) is 4.04. The van der Waals surface area contributed by atoms with Gasteiger partial charge in [-0.1, -0.05) is 20.8 Å². The number of ether oxygens (including phenoxy) is 3. The molecule has 10 nitrogen and oxygen atoms in total. The molecule has 0 spiro atoms. The monoisotopic (exact) mass is 511 g/mol. The highest BCUT2D eigenvalue weighted by Crippen LogP contribution is 2.38. The number of hydrogen-bond acceptors (Lipinski definition) is 6. The Kier molecular flexibility index (Phi) is 8.19. The standard InChI is InChI=1S/C27H37N5O5/c1-27(2,3)24(37-26(28)34)22-14-17-13-19(32-10-9-29-16-32)15-21(23(17)31-22)25(33)30-18-5-7-20(8-6-18)36-12-11-35-4/h9-10,13-16,18,20,24,31H,5-8,11-12H2,1-4H3,(H2,28,34)(H,30,33). The Hall–Kier alpha value is -3.37. The van der Waals surface area contributed by atoms with Crippen molar-refractivity contribution in [3.8, 4) is 5.69 Å². The van der Waals surface area contributed by atoms with E-state index in [1.165, 1.54) is 0 Å². The Bertz CT molecular complexity index is 1210. The Morgan fingerprint density at radius 3 is 2.57 bits per heavy atom. The lowest BCUT2D eigenvalue weighted by Crippen LogP contribution is -2.39. The highest BCUT2D eigenvalue weighted by atomic mass is 16.6. The molecule has 2 amide bonds. The van der Waals surface area contributed by atoms with Crippen LogP contribution < -0.4 is 11.1 Å². The van der Waals surface area contributed by atoms with Crippen LogP contribution in [0, 0.1) is 5.41 Å². The number of methoxy groups -OCH3 is 1. The molecule has 0 aliphatic heterocycles. The van der Waals surface area contributed by atoms with E-state index in [-0.39, 0.29) is 18.1 Å². The van der Waals surface area contributed by atoms with Gasteiger partial charge in [-0.05, 0) is 43.9 Å². The fourth-order valence-corrected chi connectivity index (χ4v) is 4.89. The number of aromatic nitrogens is 3. The Labute approximate surface area is 216 Å². The van der Waals surface area contributed by atoms with Crippen LogP contribution in [0.4, 0.5) is 4.79 Å². The lowest BCUT2D eigenvalue weighted by atomic mass is 9.87. The van der Waals surface area contributed by atoms with Gasteiger partial charge in [0.15, 0.2) is 0 Å². The maximum atomic E-state index is 13.6. The van der Waals surface area contributed by atoms with Crippen LogP contribution in [-0.2, 0) is 14.2 Å². The summed E-state index contributed by atoms with van der Waals surface area (Å²) in [6.07, 6.45) is 7.43. The Morgan fingerprint density at radius 1 is 1.19 bits per heavy atom. The number of hydrogen-bond donors (Lipinski definition) is 3. The molecule has 0 bridgehead atoms. The molecule has 1 atom stereocenters. The number of nitrogens with one attached hydrogen (secondary N) is 2. The molecule has 1 saturated carbocycles. The fourth-order valence-electron chi connectivity index (χ4n) is 4.89. The van der Waals surface area contributed by atoms with Crippen molar-refractivity contribution >= 4 is 22.9 Å². The zero-order valence-electron chi connectivity index (χ0n) is 22.0. The molecule has 1 aliphatic rings. The minimum Gasteiger partial charge on any atom is -0.439 e. The van der Waals surface area contributed by atoms with Crippen LogP contribution in [0.15, 0.2) is 36.9 Å². The summed E-state index contributed by atoms with van der Waals surface area (Å²) in [7, 11) is 1.66. The van der Waals surface area contributed by atoms with Crippen molar-refractivity contribution in [2.75, 3.05) is 20.3 Å². The molecule has 1 unspecified atom stereocenters. The minimum absolute atomic E-state index is 0.0664. The predicted molar refractivity (Wildman–Crippen MR) is 140 cm³/mol. The summed E-state index contributed by atoms with van der Waals surface area (Å²) in [6.45, 7) is 7.06. The first kappa shape index (κ1) is 26.7. The van der Waals surface area contributed by atoms with Crippen LogP contribution in [0.2, 0.25) is 0 Å².